The first-order chi connectivity index (χ1) is 2.89. The van der Waals surface area contributed by atoms with Gasteiger partial charge in [0.25, 0.3) is 0 Å². The molecule has 0 saturated carbocycles. The Kier molecular flexibility index (Phi) is 0.711. The second-order valence-corrected chi connectivity index (χ2v) is 1.03. The van der Waals surface area contributed by atoms with E-state index >= 15 is 0 Å². The molecule has 0 aromatic rings. The molecule has 0 aromatic carbocycles. The van der Waals surface area contributed by atoms with Crippen LogP contribution in [0.1, 0.15) is 0 Å². The predicted molar refractivity (Wildman–Crippen MR) is 24.9 cm³/mol. The number of allylic oxidation sites excluding steroid dienone is 1. The molecule has 0 aliphatic carbocycles. The summed E-state index contributed by atoms with van der Waals surface area (Å²) in [6.45, 7) is 1.60. The van der Waals surface area contributed by atoms with Crippen molar-refractivity contribution in [3.05, 3.63) is 12.1 Å². The summed E-state index contributed by atoms with van der Waals surface area (Å²) < 4.78 is 0. The van der Waals surface area contributed by atoms with Crippen molar-refractivity contribution in [2.75, 3.05) is 0 Å². The van der Waals surface area contributed by atoms with Gasteiger partial charge in [0.15, 0.2) is 0 Å². The summed E-state index contributed by atoms with van der Waals surface area (Å²) in [5.74, 6) is 4.08. The quantitative estimate of drug-likeness (QED) is 0.280. The van der Waals surface area contributed by atoms with E-state index in [0.717, 1.165) is 0 Å². The van der Waals surface area contributed by atoms with E-state index in [2.05, 4.69) is 5.97 Å². The van der Waals surface area contributed by atoms with E-state index in [1.165, 1.54) is 6.08 Å². The van der Waals surface area contributed by atoms with Gasteiger partial charge in [-0.05, 0) is 0 Å². The first kappa shape index (κ1) is 3.53. The number of ketones is 1. The van der Waals surface area contributed by atoms with Crippen LogP contribution in [0.4, 0.5) is 0 Å². The fourth-order valence-electron chi connectivity index (χ4n) is 0.314. The van der Waals surface area contributed by atoms with E-state index in [4.69, 9.17) is 0 Å². The van der Waals surface area contributed by atoms with E-state index < -0.39 is 0 Å². The number of carbonyl (C=O) groups is 1. The van der Waals surface area contributed by atoms with Gasteiger partial charge in [0.1, 0.15) is 0 Å². The van der Waals surface area contributed by atoms with Gasteiger partial charge in [-0.2, -0.15) is 0 Å². The van der Waals surface area contributed by atoms with Gasteiger partial charge in [-0.15, -0.1) is 0 Å². The molecule has 0 aromatic heterocycles. The van der Waals surface area contributed by atoms with Crippen LogP contribution in [0.15, 0.2) is 12.1 Å². The normalized spacial score (nSPS) is 15.7. The summed E-state index contributed by atoms with van der Waals surface area (Å²) in [5, 5.41) is 0. The minimum absolute atomic E-state index is 0.0324. The molecule has 0 radical (unpaired) electrons. The topological polar surface area (TPSA) is 17.1 Å². The van der Waals surface area contributed by atoms with Crippen LogP contribution in [0, 0.1) is 0 Å². The van der Waals surface area contributed by atoms with Crippen LogP contribution in [0.25, 0.3) is 0 Å². The molecule has 28 valence electrons. The molecule has 0 amide bonds. The Hall–Kier alpha value is -0.655. The Balaban J connectivity index is 2.86. The first-order valence-electron chi connectivity index (χ1n) is 1.70. The molecule has 1 rings (SSSR count). The molecular formula is C4H2BO-. The van der Waals surface area contributed by atoms with Gasteiger partial charge in [-0.25, -0.2) is 0 Å². The molecule has 0 saturated heterocycles. The number of rotatable bonds is 0. The van der Waals surface area contributed by atoms with Crippen LogP contribution in [0.5, 0.6) is 0 Å². The molecule has 6 heavy (non-hydrogen) atoms. The maximum atomic E-state index is 10.0. The van der Waals surface area contributed by atoms with E-state index in [-0.39, 0.29) is 5.78 Å². The zero-order valence-electron chi connectivity index (χ0n) is 3.14. The molecule has 0 unspecified atom stereocenters. The average molecular weight is 76.9 g/mol. The summed E-state index contributed by atoms with van der Waals surface area (Å²) in [7, 11) is 0. The average Bonchev–Trinajstić information content (AvgIpc) is 1.86. The van der Waals surface area contributed by atoms with Gasteiger partial charge in [-0.3, -0.25) is 0 Å². The third-order valence-corrected chi connectivity index (χ3v) is 0.569. The van der Waals surface area contributed by atoms with Gasteiger partial charge in [-0.1, -0.05) is 0 Å². The monoisotopic (exact) mass is 77.0 g/mol. The second-order valence-electron chi connectivity index (χ2n) is 1.03. The molecule has 1 nitrogen and oxygen atoms in total. The number of hydrogen-bond acceptors (Lipinski definition) is 1. The van der Waals surface area contributed by atoms with Gasteiger partial charge in [0.2, 0.25) is 0 Å². The molecule has 1 aliphatic heterocycles. The summed E-state index contributed by atoms with van der Waals surface area (Å²) in [4.78, 5) is 10.0. The van der Waals surface area contributed by atoms with Crippen molar-refractivity contribution in [3.8, 4) is 0 Å². The van der Waals surface area contributed by atoms with Crippen LogP contribution in [-0.4, -0.2) is 18.7 Å². The molecule has 2 heteroatoms. The number of carbonyl (C=O) groups excluding carboxylic acids is 1. The van der Waals surface area contributed by atoms with Crippen LogP contribution in [0.3, 0.4) is 0 Å². The molecule has 1 aliphatic rings. The molecule has 0 bridgehead atoms. The second kappa shape index (κ2) is 1.21. The Bertz CT molecular complexity index is 110. The van der Waals surface area contributed by atoms with Crippen LogP contribution in [-0.2, 0) is 4.79 Å². The fraction of sp³-hybridized carbons (Fsp3) is 0. The van der Waals surface area contributed by atoms with E-state index in [0.29, 0.717) is 0 Å². The third kappa shape index (κ3) is 0.457. The summed E-state index contributed by atoms with van der Waals surface area (Å²) >= 11 is 0. The zero-order chi connectivity index (χ0) is 4.41. The maximum absolute atomic E-state index is 10.0. The van der Waals surface area contributed by atoms with Gasteiger partial charge in [0, 0.05) is 0 Å². The van der Waals surface area contributed by atoms with Crippen molar-refractivity contribution in [3.63, 3.8) is 0 Å². The molecule has 0 spiro atoms. The molecule has 1 heterocycles. The standard InChI is InChI=1S/C4H2BO/c6-4-1-2-5-3-4/h1-2H/q-1. The van der Waals surface area contributed by atoms with Gasteiger partial charge in [0.05, 0.1) is 0 Å². The van der Waals surface area contributed by atoms with E-state index in [1.54, 1.807) is 12.9 Å². The Morgan fingerprint density at radius 2 is 2.67 bits per heavy atom. The van der Waals surface area contributed by atoms with Crippen LogP contribution < -0.4 is 0 Å². The van der Waals surface area contributed by atoms with Crippen molar-refractivity contribution >= 4 is 18.7 Å². The molecule has 0 fully saturated rings. The summed E-state index contributed by atoms with van der Waals surface area (Å²) in [6.07, 6.45) is 1.47. The van der Waals surface area contributed by atoms with Crippen molar-refractivity contribution < 1.29 is 4.79 Å². The Labute approximate surface area is 36.6 Å². The summed E-state index contributed by atoms with van der Waals surface area (Å²) in [5.41, 5.74) is 0. The fourth-order valence-corrected chi connectivity index (χ4v) is 0.314. The van der Waals surface area contributed by atoms with Crippen molar-refractivity contribution in [1.29, 1.82) is 0 Å². The zero-order valence-corrected chi connectivity index (χ0v) is 3.14. The van der Waals surface area contributed by atoms with Crippen molar-refractivity contribution in [2.24, 2.45) is 0 Å². The van der Waals surface area contributed by atoms with Crippen LogP contribution in [0.2, 0.25) is 0 Å². The SMILES string of the molecule is O=C1[C-]=BC=C1. The molecule has 0 N–H and O–H groups in total. The Morgan fingerprint density at radius 3 is 2.83 bits per heavy atom. The van der Waals surface area contributed by atoms with Crippen molar-refractivity contribution in [2.45, 2.75) is 0 Å². The molecule has 0 atom stereocenters. The predicted octanol–water partition coefficient (Wildman–Crippen LogP) is -0.534. The molecular weight excluding hydrogens is 74.9 g/mol. The van der Waals surface area contributed by atoms with Crippen LogP contribution >= 0.6 is 0 Å². The Morgan fingerprint density at radius 1 is 1.83 bits per heavy atom. The summed E-state index contributed by atoms with van der Waals surface area (Å²) in [6, 6.07) is 0. The first-order valence-corrected chi connectivity index (χ1v) is 1.70. The van der Waals surface area contributed by atoms with E-state index in [9.17, 15) is 4.79 Å². The minimum atomic E-state index is -0.0324. The third-order valence-electron chi connectivity index (χ3n) is 0.569. The van der Waals surface area contributed by atoms with Gasteiger partial charge < -0.3 is 0 Å². The van der Waals surface area contributed by atoms with E-state index in [1.807, 2.05) is 0 Å². The van der Waals surface area contributed by atoms with Crippen molar-refractivity contribution in [1.82, 2.24) is 0 Å². The number of hydrogen-bond donors (Lipinski definition) is 0. The van der Waals surface area contributed by atoms with Gasteiger partial charge >= 0.3 is 35.5 Å².